The van der Waals surface area contributed by atoms with Gasteiger partial charge in [-0.1, -0.05) is 31.4 Å². The number of methoxy groups -OCH3 is 1. The van der Waals surface area contributed by atoms with E-state index in [-0.39, 0.29) is 10.9 Å². The molecule has 0 aliphatic heterocycles. The topological polar surface area (TPSA) is 95.9 Å². The van der Waals surface area contributed by atoms with Gasteiger partial charge in [0.05, 0.1) is 23.4 Å². The number of rotatable bonds is 6. The zero-order valence-corrected chi connectivity index (χ0v) is 16.5. The molecule has 0 aromatic heterocycles. The highest BCUT2D eigenvalue weighted by Crippen LogP contribution is 2.34. The Morgan fingerprint density at radius 1 is 1.07 bits per heavy atom. The van der Waals surface area contributed by atoms with E-state index in [1.165, 1.54) is 31.4 Å². The summed E-state index contributed by atoms with van der Waals surface area (Å²) in [6.07, 6.45) is 3.69. The van der Waals surface area contributed by atoms with Crippen LogP contribution in [-0.2, 0) is 10.0 Å². The maximum Gasteiger partial charge on any atom is 0.416 e. The zero-order valence-electron chi connectivity index (χ0n) is 15.7. The summed E-state index contributed by atoms with van der Waals surface area (Å²) < 4.78 is 33.3. The van der Waals surface area contributed by atoms with Crippen molar-refractivity contribution in [1.82, 2.24) is 4.72 Å². The first kappa shape index (κ1) is 20.2. The van der Waals surface area contributed by atoms with Gasteiger partial charge in [0.1, 0.15) is 5.75 Å². The number of ether oxygens (including phenoxy) is 1. The summed E-state index contributed by atoms with van der Waals surface area (Å²) >= 11 is 0. The van der Waals surface area contributed by atoms with E-state index < -0.39 is 16.1 Å². The molecule has 2 aromatic carbocycles. The molecule has 0 radical (unpaired) electrons. The molecular formula is C20H24N2O5S. The number of carboxylic acid groups (broad SMARTS) is 1. The minimum Gasteiger partial charge on any atom is -0.495 e. The molecule has 150 valence electrons. The second kappa shape index (κ2) is 8.62. The predicted octanol–water partition coefficient (Wildman–Crippen LogP) is 4.12. The normalized spacial score (nSPS) is 15.2. The molecule has 1 aliphatic carbocycles. The number of anilines is 2. The first-order valence-corrected chi connectivity index (χ1v) is 10.7. The largest absolute Gasteiger partial charge is 0.495 e. The lowest BCUT2D eigenvalue weighted by Crippen LogP contribution is -2.36. The molecule has 0 heterocycles. The number of amides is 1. The smallest absolute Gasteiger partial charge is 0.416 e. The van der Waals surface area contributed by atoms with Crippen molar-refractivity contribution >= 4 is 27.5 Å². The molecule has 28 heavy (non-hydrogen) atoms. The Labute approximate surface area is 165 Å². The van der Waals surface area contributed by atoms with Crippen LogP contribution in [0.3, 0.4) is 0 Å². The molecule has 1 amide bonds. The lowest BCUT2D eigenvalue weighted by atomic mass is 9.96. The average Bonchev–Trinajstić information content (AvgIpc) is 2.69. The number of carbonyl (C=O) groups is 1. The molecule has 8 heteroatoms. The zero-order chi connectivity index (χ0) is 20.1. The van der Waals surface area contributed by atoms with Crippen molar-refractivity contribution in [3.8, 4) is 5.75 Å². The van der Waals surface area contributed by atoms with E-state index in [9.17, 15) is 18.3 Å². The van der Waals surface area contributed by atoms with E-state index in [2.05, 4.69) is 4.72 Å². The summed E-state index contributed by atoms with van der Waals surface area (Å²) in [6.45, 7) is 0. The molecule has 1 fully saturated rings. The van der Waals surface area contributed by atoms with Crippen LogP contribution in [0.5, 0.6) is 5.75 Å². The van der Waals surface area contributed by atoms with Crippen LogP contribution in [-0.4, -0.2) is 32.8 Å². The van der Waals surface area contributed by atoms with Crippen LogP contribution in [0.1, 0.15) is 32.1 Å². The molecule has 2 aromatic rings. The van der Waals surface area contributed by atoms with Crippen molar-refractivity contribution in [2.24, 2.45) is 0 Å². The number of hydrogen-bond donors (Lipinski definition) is 2. The van der Waals surface area contributed by atoms with E-state index in [1.54, 1.807) is 24.3 Å². The summed E-state index contributed by atoms with van der Waals surface area (Å²) in [4.78, 5) is 13.0. The highest BCUT2D eigenvalue weighted by Gasteiger charge is 2.24. The number of para-hydroxylation sites is 2. The molecule has 0 spiro atoms. The predicted molar refractivity (Wildman–Crippen MR) is 107 cm³/mol. The van der Waals surface area contributed by atoms with E-state index in [1.807, 2.05) is 0 Å². The SMILES string of the molecule is COc1ccccc1N(C(=O)O)c1ccc(S(=O)(=O)NC2CCCCC2)cc1. The van der Waals surface area contributed by atoms with E-state index >= 15 is 0 Å². The Morgan fingerprint density at radius 2 is 1.71 bits per heavy atom. The first-order chi connectivity index (χ1) is 13.4. The van der Waals surface area contributed by atoms with Gasteiger partial charge in [-0.25, -0.2) is 22.8 Å². The third kappa shape index (κ3) is 4.45. The second-order valence-electron chi connectivity index (χ2n) is 6.74. The summed E-state index contributed by atoms with van der Waals surface area (Å²) in [5, 5.41) is 9.69. The molecular weight excluding hydrogens is 380 g/mol. The Balaban J connectivity index is 1.86. The van der Waals surface area contributed by atoms with Crippen molar-refractivity contribution in [3.05, 3.63) is 48.5 Å². The number of sulfonamides is 1. The highest BCUT2D eigenvalue weighted by molar-refractivity contribution is 7.89. The molecule has 7 nitrogen and oxygen atoms in total. The summed E-state index contributed by atoms with van der Waals surface area (Å²) in [5.41, 5.74) is 0.682. The fourth-order valence-electron chi connectivity index (χ4n) is 3.45. The van der Waals surface area contributed by atoms with Gasteiger partial charge in [0.25, 0.3) is 0 Å². The van der Waals surface area contributed by atoms with Gasteiger partial charge in [0.15, 0.2) is 0 Å². The van der Waals surface area contributed by atoms with Crippen molar-refractivity contribution in [2.75, 3.05) is 12.0 Å². The number of hydrogen-bond acceptors (Lipinski definition) is 4. The molecule has 0 bridgehead atoms. The lowest BCUT2D eigenvalue weighted by Gasteiger charge is -2.23. The number of benzene rings is 2. The second-order valence-corrected chi connectivity index (χ2v) is 8.45. The fraction of sp³-hybridized carbons (Fsp3) is 0.350. The van der Waals surface area contributed by atoms with Crippen LogP contribution in [0.4, 0.5) is 16.2 Å². The van der Waals surface area contributed by atoms with Crippen molar-refractivity contribution in [1.29, 1.82) is 0 Å². The molecule has 0 atom stereocenters. The van der Waals surface area contributed by atoms with Gasteiger partial charge in [-0.3, -0.25) is 0 Å². The third-order valence-electron chi connectivity index (χ3n) is 4.85. The van der Waals surface area contributed by atoms with Crippen LogP contribution in [0.25, 0.3) is 0 Å². The van der Waals surface area contributed by atoms with Gasteiger partial charge in [0, 0.05) is 6.04 Å². The van der Waals surface area contributed by atoms with Gasteiger partial charge >= 0.3 is 6.09 Å². The standard InChI is InChI=1S/C20H24N2O5S/c1-27-19-10-6-5-9-18(19)22(20(23)24)16-11-13-17(14-12-16)28(25,26)21-15-7-3-2-4-8-15/h5-6,9-15,21H,2-4,7-8H2,1H3,(H,23,24). The number of nitrogens with one attached hydrogen (secondary N) is 1. The van der Waals surface area contributed by atoms with E-state index in [4.69, 9.17) is 4.74 Å². The molecule has 1 saturated carbocycles. The van der Waals surface area contributed by atoms with Crippen LogP contribution in [0, 0.1) is 0 Å². The Morgan fingerprint density at radius 3 is 2.32 bits per heavy atom. The Bertz CT molecular complexity index is 922. The van der Waals surface area contributed by atoms with E-state index in [0.717, 1.165) is 37.0 Å². The van der Waals surface area contributed by atoms with Gasteiger partial charge < -0.3 is 9.84 Å². The number of nitrogens with zero attached hydrogens (tertiary/aromatic N) is 1. The van der Waals surface area contributed by atoms with Gasteiger partial charge in [-0.2, -0.15) is 0 Å². The van der Waals surface area contributed by atoms with Crippen LogP contribution >= 0.6 is 0 Å². The maximum atomic E-state index is 12.6. The van der Waals surface area contributed by atoms with Gasteiger partial charge in [-0.15, -0.1) is 0 Å². The monoisotopic (exact) mass is 404 g/mol. The highest BCUT2D eigenvalue weighted by atomic mass is 32.2. The van der Waals surface area contributed by atoms with Crippen molar-refractivity contribution < 1.29 is 23.1 Å². The summed E-state index contributed by atoms with van der Waals surface area (Å²) in [5.74, 6) is 0.403. The quantitative estimate of drug-likeness (QED) is 0.755. The van der Waals surface area contributed by atoms with Crippen LogP contribution in [0.15, 0.2) is 53.4 Å². The van der Waals surface area contributed by atoms with Crippen molar-refractivity contribution in [3.63, 3.8) is 0 Å². The maximum absolute atomic E-state index is 12.6. The lowest BCUT2D eigenvalue weighted by molar-refractivity contribution is 0.204. The molecule has 0 saturated heterocycles. The molecule has 2 N–H and O–H groups in total. The van der Waals surface area contributed by atoms with E-state index in [0.29, 0.717) is 17.1 Å². The Kier molecular flexibility index (Phi) is 6.21. The van der Waals surface area contributed by atoms with Gasteiger partial charge in [-0.05, 0) is 49.2 Å². The summed E-state index contributed by atoms with van der Waals surface area (Å²) in [6, 6.07) is 12.5. The van der Waals surface area contributed by atoms with Crippen LogP contribution in [0.2, 0.25) is 0 Å². The average molecular weight is 404 g/mol. The molecule has 3 rings (SSSR count). The van der Waals surface area contributed by atoms with Gasteiger partial charge in [0.2, 0.25) is 10.0 Å². The van der Waals surface area contributed by atoms with Crippen LogP contribution < -0.4 is 14.4 Å². The van der Waals surface area contributed by atoms with Crippen molar-refractivity contribution in [2.45, 2.75) is 43.0 Å². The Hall–Kier alpha value is -2.58. The third-order valence-corrected chi connectivity index (χ3v) is 6.39. The fourth-order valence-corrected chi connectivity index (χ4v) is 4.75. The molecule has 0 unspecified atom stereocenters. The molecule has 1 aliphatic rings. The minimum absolute atomic E-state index is 0.0393. The minimum atomic E-state index is -3.64. The summed E-state index contributed by atoms with van der Waals surface area (Å²) in [7, 11) is -2.18. The first-order valence-electron chi connectivity index (χ1n) is 9.21.